The lowest BCUT2D eigenvalue weighted by Crippen LogP contribution is -2.38. The van der Waals surface area contributed by atoms with E-state index in [1.54, 1.807) is 0 Å². The summed E-state index contributed by atoms with van der Waals surface area (Å²) < 4.78 is 11.4. The zero-order valence-electron chi connectivity index (χ0n) is 14.6. The van der Waals surface area contributed by atoms with Gasteiger partial charge in [-0.2, -0.15) is 0 Å². The first-order chi connectivity index (χ1) is 10.4. The summed E-state index contributed by atoms with van der Waals surface area (Å²) in [5.74, 6) is -0.541. The largest absolute Gasteiger partial charge is 0.468 e. The zero-order valence-corrected chi connectivity index (χ0v) is 15.6. The average Bonchev–Trinajstić information content (AvgIpc) is 2.47. The molecule has 0 aromatic heterocycles. The molecule has 0 aliphatic heterocycles. The maximum atomic E-state index is 12.4. The number of hydrogen-bond donors (Lipinski definition) is 0. The molecule has 1 rings (SSSR count). The number of hydrogen-bond acceptors (Lipinski definition) is 3. The fourth-order valence-electron chi connectivity index (χ4n) is 2.63. The number of benzene rings is 1. The predicted octanol–water partition coefficient (Wildman–Crippen LogP) is 4.74. The lowest BCUT2D eigenvalue weighted by molar-refractivity contribution is -0.145. The number of methoxy groups -OCH3 is 1. The van der Waals surface area contributed by atoms with Crippen LogP contribution in [0, 0.1) is 0 Å². The number of ether oxygens (including phenoxy) is 1. The van der Waals surface area contributed by atoms with Crippen molar-refractivity contribution in [2.24, 2.45) is 0 Å². The summed E-state index contributed by atoms with van der Waals surface area (Å²) in [5.41, 5.74) is 0.981. The molecule has 0 aliphatic carbocycles. The molecular weight excluding hydrogens is 292 g/mol. The van der Waals surface area contributed by atoms with E-state index in [0.29, 0.717) is 0 Å². The summed E-state index contributed by atoms with van der Waals surface area (Å²) >= 11 is 0. The quantitative estimate of drug-likeness (QED) is 0.374. The van der Waals surface area contributed by atoms with Gasteiger partial charge in [-0.05, 0) is 31.6 Å². The molecule has 3 nitrogen and oxygen atoms in total. The van der Waals surface area contributed by atoms with Gasteiger partial charge in [0.1, 0.15) is 5.92 Å². The molecule has 124 valence electrons. The van der Waals surface area contributed by atoms with Crippen LogP contribution in [0.1, 0.15) is 44.1 Å². The summed E-state index contributed by atoms with van der Waals surface area (Å²) in [7, 11) is -0.288. The highest BCUT2D eigenvalue weighted by molar-refractivity contribution is 6.69. The standard InChI is InChI=1S/C18H30O3Si/c1-6-7-9-14-16(21-22(3,4)5)17(18(19)20-2)15-12-10-8-11-13-15/h8,10-13,16-17H,6-7,9,14H2,1-5H3/t16-,17+/m0/s1. The topological polar surface area (TPSA) is 35.5 Å². The van der Waals surface area contributed by atoms with E-state index in [1.165, 1.54) is 7.11 Å². The predicted molar refractivity (Wildman–Crippen MR) is 93.6 cm³/mol. The van der Waals surface area contributed by atoms with Crippen LogP contribution in [-0.4, -0.2) is 27.5 Å². The second-order valence-corrected chi connectivity index (χ2v) is 11.1. The Bertz CT molecular complexity index is 439. The van der Waals surface area contributed by atoms with Gasteiger partial charge in [0.2, 0.25) is 0 Å². The second kappa shape index (κ2) is 9.11. The van der Waals surface area contributed by atoms with Crippen molar-refractivity contribution in [1.82, 2.24) is 0 Å². The Hall–Kier alpha value is -1.13. The summed E-state index contributed by atoms with van der Waals surface area (Å²) in [5, 5.41) is 0. The number of carbonyl (C=O) groups is 1. The van der Waals surface area contributed by atoms with Crippen molar-refractivity contribution in [3.63, 3.8) is 0 Å². The van der Waals surface area contributed by atoms with E-state index >= 15 is 0 Å². The number of carbonyl (C=O) groups excluding carboxylic acids is 1. The van der Waals surface area contributed by atoms with Crippen LogP contribution >= 0.6 is 0 Å². The first-order valence-electron chi connectivity index (χ1n) is 8.19. The summed E-state index contributed by atoms with van der Waals surface area (Å²) in [6.45, 7) is 8.68. The monoisotopic (exact) mass is 322 g/mol. The van der Waals surface area contributed by atoms with Crippen LogP contribution in [0.3, 0.4) is 0 Å². The smallest absolute Gasteiger partial charge is 0.315 e. The first kappa shape index (κ1) is 18.9. The molecule has 0 amide bonds. The van der Waals surface area contributed by atoms with Crippen LogP contribution in [-0.2, 0) is 14.0 Å². The highest BCUT2D eigenvalue weighted by atomic mass is 28.4. The van der Waals surface area contributed by atoms with E-state index in [9.17, 15) is 4.79 Å². The molecule has 0 saturated heterocycles. The van der Waals surface area contributed by atoms with E-state index in [4.69, 9.17) is 9.16 Å². The van der Waals surface area contributed by atoms with Crippen molar-refractivity contribution in [2.75, 3.05) is 7.11 Å². The summed E-state index contributed by atoms with van der Waals surface area (Å²) in [6, 6.07) is 9.86. The highest BCUT2D eigenvalue weighted by Gasteiger charge is 2.34. The second-order valence-electron chi connectivity index (χ2n) is 6.68. The highest BCUT2D eigenvalue weighted by Crippen LogP contribution is 2.29. The number of esters is 1. The van der Waals surface area contributed by atoms with Crippen LogP contribution < -0.4 is 0 Å². The summed E-state index contributed by atoms with van der Waals surface area (Å²) in [6.07, 6.45) is 4.19. The Morgan fingerprint density at radius 2 is 1.77 bits per heavy atom. The maximum absolute atomic E-state index is 12.4. The molecule has 1 aromatic rings. The first-order valence-corrected chi connectivity index (χ1v) is 11.6. The number of unbranched alkanes of at least 4 members (excludes halogenated alkanes) is 2. The van der Waals surface area contributed by atoms with Crippen molar-refractivity contribution >= 4 is 14.3 Å². The van der Waals surface area contributed by atoms with E-state index in [1.807, 2.05) is 30.3 Å². The van der Waals surface area contributed by atoms with Crippen molar-refractivity contribution < 1.29 is 14.0 Å². The molecule has 1 aromatic carbocycles. The van der Waals surface area contributed by atoms with Gasteiger partial charge in [0.05, 0.1) is 13.2 Å². The Morgan fingerprint density at radius 1 is 1.14 bits per heavy atom. The third kappa shape index (κ3) is 6.32. The van der Waals surface area contributed by atoms with Gasteiger partial charge in [-0.25, -0.2) is 0 Å². The van der Waals surface area contributed by atoms with Gasteiger partial charge in [0.25, 0.3) is 0 Å². The molecule has 2 atom stereocenters. The molecule has 4 heteroatoms. The minimum absolute atomic E-state index is 0.104. The molecule has 0 heterocycles. The molecule has 0 bridgehead atoms. The maximum Gasteiger partial charge on any atom is 0.315 e. The van der Waals surface area contributed by atoms with E-state index in [-0.39, 0.29) is 18.0 Å². The molecule has 0 aliphatic rings. The molecule has 0 spiro atoms. The van der Waals surface area contributed by atoms with Crippen molar-refractivity contribution in [1.29, 1.82) is 0 Å². The fourth-order valence-corrected chi connectivity index (χ4v) is 3.80. The van der Waals surface area contributed by atoms with Crippen LogP contribution in [0.15, 0.2) is 30.3 Å². The molecule has 22 heavy (non-hydrogen) atoms. The average molecular weight is 323 g/mol. The van der Waals surface area contributed by atoms with Gasteiger partial charge in [-0.1, -0.05) is 56.5 Å². The SMILES string of the molecule is CCCCC[C@H](O[Si](C)(C)C)[C@H](C(=O)OC)c1ccccc1. The van der Waals surface area contributed by atoms with Crippen molar-refractivity contribution in [2.45, 2.75) is 64.3 Å². The molecule has 0 N–H and O–H groups in total. The van der Waals surface area contributed by atoms with Gasteiger partial charge < -0.3 is 9.16 Å². The van der Waals surface area contributed by atoms with E-state index in [2.05, 4.69) is 26.6 Å². The molecular formula is C18H30O3Si. The van der Waals surface area contributed by atoms with Crippen LogP contribution in [0.2, 0.25) is 19.6 Å². The normalized spacial score (nSPS) is 14.4. The van der Waals surface area contributed by atoms with Crippen molar-refractivity contribution in [3.8, 4) is 0 Å². The minimum atomic E-state index is -1.74. The summed E-state index contributed by atoms with van der Waals surface area (Å²) in [4.78, 5) is 12.4. The van der Waals surface area contributed by atoms with Crippen LogP contribution in [0.4, 0.5) is 0 Å². The van der Waals surface area contributed by atoms with Gasteiger partial charge in [0, 0.05) is 0 Å². The van der Waals surface area contributed by atoms with Crippen LogP contribution in [0.5, 0.6) is 0 Å². The molecule has 0 radical (unpaired) electrons. The fraction of sp³-hybridized carbons (Fsp3) is 0.611. The third-order valence-electron chi connectivity index (χ3n) is 3.58. The van der Waals surface area contributed by atoms with Gasteiger partial charge in [-0.3, -0.25) is 4.79 Å². The lowest BCUT2D eigenvalue weighted by atomic mass is 9.90. The zero-order chi connectivity index (χ0) is 16.6. The third-order valence-corrected chi connectivity index (χ3v) is 4.59. The Kier molecular flexibility index (Phi) is 7.83. The van der Waals surface area contributed by atoms with E-state index in [0.717, 1.165) is 31.2 Å². The Balaban J connectivity index is 3.03. The van der Waals surface area contributed by atoms with Crippen LogP contribution in [0.25, 0.3) is 0 Å². The minimum Gasteiger partial charge on any atom is -0.468 e. The molecule has 0 unspecified atom stereocenters. The van der Waals surface area contributed by atoms with E-state index < -0.39 is 8.32 Å². The lowest BCUT2D eigenvalue weighted by Gasteiger charge is -2.31. The Morgan fingerprint density at radius 3 is 2.27 bits per heavy atom. The van der Waals surface area contributed by atoms with Crippen molar-refractivity contribution in [3.05, 3.63) is 35.9 Å². The molecule has 0 saturated carbocycles. The number of rotatable bonds is 9. The molecule has 0 fully saturated rings. The van der Waals surface area contributed by atoms with Gasteiger partial charge in [0.15, 0.2) is 8.32 Å². The van der Waals surface area contributed by atoms with Gasteiger partial charge in [-0.15, -0.1) is 0 Å². The Labute approximate surface area is 136 Å². The van der Waals surface area contributed by atoms with Gasteiger partial charge >= 0.3 is 5.97 Å².